The first-order valence-electron chi connectivity index (χ1n) is 7.85. The Kier molecular flexibility index (Phi) is 7.53. The average molecular weight is 494 g/mol. The first-order chi connectivity index (χ1) is 13.2. The Morgan fingerprint density at radius 2 is 1.96 bits per heavy atom. The molecule has 0 saturated heterocycles. The van der Waals surface area contributed by atoms with Crippen molar-refractivity contribution in [3.63, 3.8) is 0 Å². The Hall–Kier alpha value is -2.01. The van der Waals surface area contributed by atoms with Crippen LogP contribution >= 0.6 is 27.5 Å². The summed E-state index contributed by atoms with van der Waals surface area (Å²) in [4.78, 5) is 12.1. The van der Waals surface area contributed by atoms with Gasteiger partial charge in [-0.05, 0) is 30.3 Å². The number of nitrogens with one attached hydrogen (secondary N) is 2. The van der Waals surface area contributed by atoms with Gasteiger partial charge in [0.05, 0.1) is 25.0 Å². The number of carbonyl (C=O) groups excluding carboxylic acids is 1. The number of methoxy groups -OCH3 is 2. The molecule has 1 amide bonds. The summed E-state index contributed by atoms with van der Waals surface area (Å²) in [7, 11) is -1.34. The molecule has 0 aliphatic rings. The molecule has 0 aliphatic heterocycles. The van der Waals surface area contributed by atoms with Crippen LogP contribution in [0.1, 0.15) is 10.4 Å². The van der Waals surface area contributed by atoms with E-state index in [-0.39, 0.29) is 40.1 Å². The fraction of sp³-hybridized carbons (Fsp3) is 0.235. The van der Waals surface area contributed by atoms with Gasteiger partial charge in [0.25, 0.3) is 15.9 Å². The van der Waals surface area contributed by atoms with E-state index in [0.717, 1.165) is 0 Å². The lowest BCUT2D eigenvalue weighted by molar-refractivity contribution is 0.0934. The molecule has 2 rings (SSSR count). The van der Waals surface area contributed by atoms with E-state index < -0.39 is 21.7 Å². The Bertz CT molecular complexity index is 984. The van der Waals surface area contributed by atoms with Crippen molar-refractivity contribution in [2.45, 2.75) is 4.90 Å². The van der Waals surface area contributed by atoms with Crippen LogP contribution in [0.15, 0.2) is 39.7 Å². The topological polar surface area (TPSA) is 114 Å². The van der Waals surface area contributed by atoms with Crippen LogP contribution in [0.3, 0.4) is 0 Å². The zero-order valence-corrected chi connectivity index (χ0v) is 18.1. The van der Waals surface area contributed by atoms with Crippen molar-refractivity contribution in [1.29, 1.82) is 0 Å². The molecule has 2 aromatic carbocycles. The molecule has 0 aromatic heterocycles. The number of phenolic OH excluding ortho intramolecular Hbond substituents is 1. The molecule has 0 saturated carbocycles. The van der Waals surface area contributed by atoms with Gasteiger partial charge in [-0.15, -0.1) is 0 Å². The zero-order valence-electron chi connectivity index (χ0n) is 15.0. The van der Waals surface area contributed by atoms with Gasteiger partial charge in [-0.2, -0.15) is 0 Å². The summed E-state index contributed by atoms with van der Waals surface area (Å²) in [5.74, 6) is -1.08. The molecule has 3 N–H and O–H groups in total. The highest BCUT2D eigenvalue weighted by Crippen LogP contribution is 2.35. The summed E-state index contributed by atoms with van der Waals surface area (Å²) < 4.78 is 38.3. The third-order valence-corrected chi connectivity index (χ3v) is 5.67. The van der Waals surface area contributed by atoms with Crippen molar-refractivity contribution >= 4 is 49.1 Å². The summed E-state index contributed by atoms with van der Waals surface area (Å²) in [6, 6.07) is 6.88. The third-order valence-electron chi connectivity index (χ3n) is 3.57. The molecule has 0 bridgehead atoms. The van der Waals surface area contributed by atoms with E-state index in [4.69, 9.17) is 21.1 Å². The molecular formula is C17H18BrClN2O6S. The second-order valence-corrected chi connectivity index (χ2v) is 8.50. The lowest BCUT2D eigenvalue weighted by Gasteiger charge is -2.15. The summed E-state index contributed by atoms with van der Waals surface area (Å²) in [5.41, 5.74) is -0.422. The van der Waals surface area contributed by atoms with Gasteiger partial charge in [0.1, 0.15) is 10.6 Å². The minimum absolute atomic E-state index is 0.0635. The van der Waals surface area contributed by atoms with Gasteiger partial charge < -0.3 is 19.9 Å². The predicted octanol–water partition coefficient (Wildman–Crippen LogP) is 2.99. The van der Waals surface area contributed by atoms with Crippen LogP contribution in [0.25, 0.3) is 0 Å². The van der Waals surface area contributed by atoms with E-state index in [0.29, 0.717) is 4.47 Å². The third kappa shape index (κ3) is 5.28. The minimum atomic E-state index is -4.16. The van der Waals surface area contributed by atoms with Crippen LogP contribution < -0.4 is 14.8 Å². The lowest BCUT2D eigenvalue weighted by Crippen LogP contribution is -2.27. The van der Waals surface area contributed by atoms with Crippen molar-refractivity contribution in [1.82, 2.24) is 5.32 Å². The molecule has 2 aromatic rings. The minimum Gasteiger partial charge on any atom is -0.505 e. The molecule has 28 heavy (non-hydrogen) atoms. The second-order valence-electron chi connectivity index (χ2n) is 5.50. The van der Waals surface area contributed by atoms with Gasteiger partial charge in [-0.25, -0.2) is 8.42 Å². The number of aromatic hydroxyl groups is 1. The number of benzene rings is 2. The summed E-state index contributed by atoms with van der Waals surface area (Å²) in [6.45, 7) is 0.479. The normalized spacial score (nSPS) is 11.1. The summed E-state index contributed by atoms with van der Waals surface area (Å²) >= 11 is 9.21. The molecule has 152 valence electrons. The van der Waals surface area contributed by atoms with E-state index in [1.165, 1.54) is 38.5 Å². The monoisotopic (exact) mass is 492 g/mol. The van der Waals surface area contributed by atoms with Crippen LogP contribution in [0.4, 0.5) is 5.69 Å². The number of carbonyl (C=O) groups is 1. The second kappa shape index (κ2) is 9.46. The molecule has 0 unspecified atom stereocenters. The Labute approximate surface area is 176 Å². The van der Waals surface area contributed by atoms with Crippen LogP contribution in [-0.4, -0.2) is 46.8 Å². The lowest BCUT2D eigenvalue weighted by atomic mass is 10.1. The molecule has 0 atom stereocenters. The molecule has 0 fully saturated rings. The average Bonchev–Trinajstić information content (AvgIpc) is 2.64. The van der Waals surface area contributed by atoms with Crippen molar-refractivity contribution in [2.24, 2.45) is 0 Å². The first-order valence-corrected chi connectivity index (χ1v) is 10.5. The highest BCUT2D eigenvalue weighted by Gasteiger charge is 2.24. The van der Waals surface area contributed by atoms with E-state index in [9.17, 15) is 18.3 Å². The van der Waals surface area contributed by atoms with Gasteiger partial charge >= 0.3 is 0 Å². The number of phenols is 1. The molecule has 0 spiro atoms. The molecular weight excluding hydrogens is 476 g/mol. The number of hydrogen-bond acceptors (Lipinski definition) is 6. The molecule has 0 aliphatic carbocycles. The SMILES string of the molecule is COCCNC(=O)c1cc(Cl)cc(NS(=O)(=O)c2cc(Br)ccc2OC)c1O. The Balaban J connectivity index is 2.41. The van der Waals surface area contributed by atoms with Crippen LogP contribution in [0, 0.1) is 0 Å². The van der Waals surface area contributed by atoms with E-state index in [1.54, 1.807) is 6.07 Å². The van der Waals surface area contributed by atoms with Crippen LogP contribution in [0.2, 0.25) is 5.02 Å². The highest BCUT2D eigenvalue weighted by atomic mass is 79.9. The fourth-order valence-electron chi connectivity index (χ4n) is 2.27. The van der Waals surface area contributed by atoms with Gasteiger partial charge in [-0.3, -0.25) is 9.52 Å². The standard InChI is InChI=1S/C17H18BrClN2O6S/c1-26-6-5-20-17(23)12-8-11(19)9-13(16(12)22)21-28(24,25)15-7-10(18)3-4-14(15)27-2/h3-4,7-9,21-22H,5-6H2,1-2H3,(H,20,23). The predicted molar refractivity (Wildman–Crippen MR) is 109 cm³/mol. The van der Waals surface area contributed by atoms with Gasteiger partial charge in [0.15, 0.2) is 5.75 Å². The van der Waals surface area contributed by atoms with Crippen molar-refractivity contribution < 1.29 is 27.8 Å². The van der Waals surface area contributed by atoms with Gasteiger partial charge in [0.2, 0.25) is 0 Å². The Morgan fingerprint density at radius 3 is 2.61 bits per heavy atom. The van der Waals surface area contributed by atoms with Crippen molar-refractivity contribution in [3.05, 3.63) is 45.4 Å². The van der Waals surface area contributed by atoms with Crippen molar-refractivity contribution in [2.75, 3.05) is 32.1 Å². The summed E-state index contributed by atoms with van der Waals surface area (Å²) in [6.07, 6.45) is 0. The van der Waals surface area contributed by atoms with Gasteiger partial charge in [-0.1, -0.05) is 27.5 Å². The highest BCUT2D eigenvalue weighted by molar-refractivity contribution is 9.10. The maximum Gasteiger partial charge on any atom is 0.265 e. The van der Waals surface area contributed by atoms with E-state index >= 15 is 0 Å². The van der Waals surface area contributed by atoms with Crippen molar-refractivity contribution in [3.8, 4) is 11.5 Å². The molecule has 0 radical (unpaired) electrons. The zero-order chi connectivity index (χ0) is 20.9. The van der Waals surface area contributed by atoms with E-state index in [2.05, 4.69) is 26.0 Å². The molecule has 8 nitrogen and oxygen atoms in total. The maximum atomic E-state index is 12.8. The number of ether oxygens (including phenoxy) is 2. The summed E-state index contributed by atoms with van der Waals surface area (Å²) in [5, 5.41) is 13.0. The number of hydrogen-bond donors (Lipinski definition) is 3. The van der Waals surface area contributed by atoms with Gasteiger partial charge in [0, 0.05) is 23.1 Å². The van der Waals surface area contributed by atoms with Crippen LogP contribution in [0.5, 0.6) is 11.5 Å². The first kappa shape index (κ1) is 22.3. The maximum absolute atomic E-state index is 12.8. The molecule has 0 heterocycles. The number of amides is 1. The smallest absolute Gasteiger partial charge is 0.265 e. The number of rotatable bonds is 8. The largest absolute Gasteiger partial charge is 0.505 e. The van der Waals surface area contributed by atoms with E-state index in [1.807, 2.05) is 0 Å². The number of anilines is 1. The quantitative estimate of drug-likeness (QED) is 0.385. The molecule has 11 heteroatoms. The Morgan fingerprint density at radius 1 is 1.25 bits per heavy atom. The fourth-order valence-corrected chi connectivity index (χ4v) is 4.26. The number of sulfonamides is 1. The van der Waals surface area contributed by atoms with Crippen LogP contribution in [-0.2, 0) is 14.8 Å². The number of halogens is 2.